The number of hydrogen-bond donors (Lipinski definition) is 1. The number of carbonyl (C=O) groups is 1. The van der Waals surface area contributed by atoms with E-state index in [1.54, 1.807) is 6.20 Å². The highest BCUT2D eigenvalue weighted by atomic mass is 32.2. The fraction of sp³-hybridized carbons (Fsp3) is 0.182. The maximum absolute atomic E-state index is 11.6. The van der Waals surface area contributed by atoms with E-state index >= 15 is 0 Å². The summed E-state index contributed by atoms with van der Waals surface area (Å²) in [6.45, 7) is 0.107. The van der Waals surface area contributed by atoms with Crippen LogP contribution in [-0.4, -0.2) is 17.8 Å². The number of rotatable bonds is 4. The quantitative estimate of drug-likeness (QED) is 0.841. The minimum absolute atomic E-state index is 0.0499. The molecular weight excluding hydrogens is 210 g/mol. The van der Waals surface area contributed by atoms with E-state index in [2.05, 4.69) is 5.32 Å². The van der Waals surface area contributed by atoms with Crippen LogP contribution in [-0.2, 0) is 4.79 Å². The molecule has 2 rings (SSSR count). The lowest BCUT2D eigenvalue weighted by atomic mass is 10.3. The molecule has 0 spiro atoms. The van der Waals surface area contributed by atoms with E-state index in [0.29, 0.717) is 0 Å². The number of carbonyl (C=O) groups excluding carboxylic acids is 1. The van der Waals surface area contributed by atoms with Crippen LogP contribution in [0.25, 0.3) is 0 Å². The van der Waals surface area contributed by atoms with Gasteiger partial charge < -0.3 is 10.1 Å². The van der Waals surface area contributed by atoms with E-state index in [1.165, 1.54) is 11.8 Å². The van der Waals surface area contributed by atoms with Gasteiger partial charge in [0.1, 0.15) is 17.7 Å². The highest BCUT2D eigenvalue weighted by Gasteiger charge is 2.19. The molecule has 0 bridgehead atoms. The number of hydrogen-bond acceptors (Lipinski definition) is 4. The summed E-state index contributed by atoms with van der Waals surface area (Å²) in [7, 11) is 0. The Bertz CT molecular complexity index is 356. The smallest absolute Gasteiger partial charge is 0.202 e. The minimum Gasteiger partial charge on any atom is -0.486 e. The van der Waals surface area contributed by atoms with E-state index < -0.39 is 0 Å². The number of benzene rings is 1. The summed E-state index contributed by atoms with van der Waals surface area (Å²) in [5, 5.41) is 4.63. The summed E-state index contributed by atoms with van der Waals surface area (Å²) < 4.78 is 5.35. The third kappa shape index (κ3) is 2.76. The third-order valence-electron chi connectivity index (χ3n) is 1.95. The molecule has 0 radical (unpaired) electrons. The van der Waals surface area contributed by atoms with Gasteiger partial charge in [0.05, 0.1) is 0 Å². The molecule has 4 heteroatoms. The van der Waals surface area contributed by atoms with Crippen molar-refractivity contribution in [1.29, 1.82) is 0 Å². The van der Waals surface area contributed by atoms with Crippen molar-refractivity contribution in [2.24, 2.45) is 0 Å². The first-order chi connectivity index (χ1) is 7.36. The van der Waals surface area contributed by atoms with Crippen molar-refractivity contribution in [3.05, 3.63) is 41.9 Å². The van der Waals surface area contributed by atoms with Crippen LogP contribution in [0.2, 0.25) is 0 Å². The van der Waals surface area contributed by atoms with Crippen molar-refractivity contribution in [1.82, 2.24) is 5.32 Å². The molecule has 1 aromatic rings. The summed E-state index contributed by atoms with van der Waals surface area (Å²) in [6.07, 6.45) is 1.77. The first kappa shape index (κ1) is 10.1. The Morgan fingerprint density at radius 2 is 2.20 bits per heavy atom. The molecule has 0 aliphatic carbocycles. The summed E-state index contributed by atoms with van der Waals surface area (Å²) in [5.41, 5.74) is 0. The zero-order chi connectivity index (χ0) is 10.5. The molecule has 78 valence electrons. The molecule has 1 aromatic carbocycles. The molecule has 0 saturated carbocycles. The van der Waals surface area contributed by atoms with Gasteiger partial charge in [-0.15, -0.1) is 0 Å². The number of thioether (sulfide) groups is 1. The van der Waals surface area contributed by atoms with E-state index in [-0.39, 0.29) is 17.8 Å². The number of nitrogens with one attached hydrogen (secondary N) is 1. The van der Waals surface area contributed by atoms with Gasteiger partial charge in [0.25, 0.3) is 0 Å². The van der Waals surface area contributed by atoms with Crippen molar-refractivity contribution < 1.29 is 9.53 Å². The van der Waals surface area contributed by atoms with Crippen molar-refractivity contribution in [2.75, 3.05) is 6.61 Å². The van der Waals surface area contributed by atoms with Gasteiger partial charge in [0.2, 0.25) is 5.78 Å². The molecule has 15 heavy (non-hydrogen) atoms. The summed E-state index contributed by atoms with van der Waals surface area (Å²) in [6, 6.07) is 9.34. The van der Waals surface area contributed by atoms with E-state index in [1.807, 2.05) is 35.7 Å². The molecule has 1 aliphatic rings. The number of ether oxygens (including phenoxy) is 1. The lowest BCUT2D eigenvalue weighted by Gasteiger charge is -2.09. The highest BCUT2D eigenvalue weighted by molar-refractivity contribution is 8.03. The van der Waals surface area contributed by atoms with E-state index in [0.717, 1.165) is 5.75 Å². The molecule has 1 atom stereocenters. The first-order valence-electron chi connectivity index (χ1n) is 4.63. The molecule has 1 aliphatic heterocycles. The lowest BCUT2D eigenvalue weighted by molar-refractivity contribution is -0.120. The van der Waals surface area contributed by atoms with Crippen LogP contribution >= 0.6 is 11.8 Å². The summed E-state index contributed by atoms with van der Waals surface area (Å²) in [5.74, 6) is 0.774. The maximum atomic E-state index is 11.6. The van der Waals surface area contributed by atoms with Crippen molar-refractivity contribution in [3.63, 3.8) is 0 Å². The molecule has 0 fully saturated rings. The maximum Gasteiger partial charge on any atom is 0.202 e. The SMILES string of the molecule is O=C(COc1ccccc1)C1NC=CS1. The monoisotopic (exact) mass is 221 g/mol. The van der Waals surface area contributed by atoms with Gasteiger partial charge >= 0.3 is 0 Å². The topological polar surface area (TPSA) is 38.3 Å². The largest absolute Gasteiger partial charge is 0.486 e. The molecule has 1 N–H and O–H groups in total. The average molecular weight is 221 g/mol. The number of Topliss-reactive ketones (excluding diaryl/α,β-unsaturated/α-hetero) is 1. The zero-order valence-electron chi connectivity index (χ0n) is 8.05. The predicted molar refractivity (Wildman–Crippen MR) is 60.6 cm³/mol. The fourth-order valence-electron chi connectivity index (χ4n) is 1.20. The second kappa shape index (κ2) is 4.89. The second-order valence-corrected chi connectivity index (χ2v) is 4.07. The Morgan fingerprint density at radius 1 is 1.40 bits per heavy atom. The average Bonchev–Trinajstić information content (AvgIpc) is 2.81. The summed E-state index contributed by atoms with van der Waals surface area (Å²) in [4.78, 5) is 11.6. The molecule has 0 saturated heterocycles. The molecule has 1 heterocycles. The van der Waals surface area contributed by atoms with Crippen molar-refractivity contribution >= 4 is 17.5 Å². The van der Waals surface area contributed by atoms with Crippen LogP contribution in [0.3, 0.4) is 0 Å². The van der Waals surface area contributed by atoms with Crippen LogP contribution in [0.15, 0.2) is 41.9 Å². The Morgan fingerprint density at radius 3 is 2.87 bits per heavy atom. The van der Waals surface area contributed by atoms with Crippen LogP contribution in [0.5, 0.6) is 5.75 Å². The predicted octanol–water partition coefficient (Wildman–Crippen LogP) is 1.77. The van der Waals surface area contributed by atoms with Crippen LogP contribution in [0.4, 0.5) is 0 Å². The first-order valence-corrected chi connectivity index (χ1v) is 5.57. The Labute approximate surface area is 92.5 Å². The van der Waals surface area contributed by atoms with Crippen molar-refractivity contribution in [3.8, 4) is 5.75 Å². The van der Waals surface area contributed by atoms with Gasteiger partial charge in [0, 0.05) is 6.20 Å². The zero-order valence-corrected chi connectivity index (χ0v) is 8.87. The Hall–Kier alpha value is -1.42. The fourth-order valence-corrected chi connectivity index (χ4v) is 1.89. The van der Waals surface area contributed by atoms with Gasteiger partial charge in [-0.1, -0.05) is 30.0 Å². The van der Waals surface area contributed by atoms with Gasteiger partial charge in [-0.3, -0.25) is 4.79 Å². The van der Waals surface area contributed by atoms with Gasteiger partial charge in [0.15, 0.2) is 0 Å². The Kier molecular flexibility index (Phi) is 3.29. The van der Waals surface area contributed by atoms with Crippen LogP contribution < -0.4 is 10.1 Å². The van der Waals surface area contributed by atoms with Crippen molar-refractivity contribution in [2.45, 2.75) is 5.37 Å². The van der Waals surface area contributed by atoms with Gasteiger partial charge in [-0.25, -0.2) is 0 Å². The van der Waals surface area contributed by atoms with Crippen LogP contribution in [0, 0.1) is 0 Å². The minimum atomic E-state index is -0.186. The summed E-state index contributed by atoms with van der Waals surface area (Å²) >= 11 is 1.46. The molecule has 3 nitrogen and oxygen atoms in total. The van der Waals surface area contributed by atoms with Gasteiger partial charge in [-0.2, -0.15) is 0 Å². The Balaban J connectivity index is 1.81. The normalized spacial score (nSPS) is 18.5. The molecule has 0 aromatic heterocycles. The van der Waals surface area contributed by atoms with E-state index in [4.69, 9.17) is 4.74 Å². The van der Waals surface area contributed by atoms with E-state index in [9.17, 15) is 4.79 Å². The van der Waals surface area contributed by atoms with Crippen LogP contribution in [0.1, 0.15) is 0 Å². The molecule has 1 unspecified atom stereocenters. The number of para-hydroxylation sites is 1. The molecular formula is C11H11NO2S. The highest BCUT2D eigenvalue weighted by Crippen LogP contribution is 2.16. The number of ketones is 1. The third-order valence-corrected chi connectivity index (χ3v) is 2.91. The molecule has 0 amide bonds. The standard InChI is InChI=1S/C11H11NO2S/c13-10(11-12-6-7-15-11)8-14-9-4-2-1-3-5-9/h1-7,11-12H,8H2. The lowest BCUT2D eigenvalue weighted by Crippen LogP contribution is -2.31. The second-order valence-electron chi connectivity index (χ2n) is 3.05. The van der Waals surface area contributed by atoms with Gasteiger partial charge in [-0.05, 0) is 17.5 Å².